The lowest BCUT2D eigenvalue weighted by atomic mass is 9.98. The molecule has 0 unspecified atom stereocenters. The first-order valence-electron chi connectivity index (χ1n) is 12.7. The maximum atomic E-state index is 15.6. The molecule has 206 valence electrons. The lowest BCUT2D eigenvalue weighted by Crippen LogP contribution is -2.16. The molecule has 9 nitrogen and oxygen atoms in total. The third-order valence-corrected chi connectivity index (χ3v) is 6.83. The van der Waals surface area contributed by atoms with Crippen LogP contribution < -0.4 is 9.47 Å². The lowest BCUT2D eigenvalue weighted by molar-refractivity contribution is -0.290. The molecule has 0 radical (unpaired) electrons. The van der Waals surface area contributed by atoms with E-state index >= 15 is 4.39 Å². The van der Waals surface area contributed by atoms with Gasteiger partial charge >= 0.3 is 0 Å². The lowest BCUT2D eigenvalue weighted by Gasteiger charge is -2.25. The Bertz CT molecular complexity index is 1420. The second kappa shape index (κ2) is 12.2. The van der Waals surface area contributed by atoms with E-state index in [1.807, 2.05) is 46.6 Å². The Kier molecular flexibility index (Phi) is 8.47. The molecule has 2 atom stereocenters. The molecule has 0 N–H and O–H groups in total. The van der Waals surface area contributed by atoms with Gasteiger partial charge in [0.25, 0.3) is 0 Å². The van der Waals surface area contributed by atoms with Crippen LogP contribution in [-0.2, 0) is 27.5 Å². The van der Waals surface area contributed by atoms with Crippen LogP contribution in [0.25, 0.3) is 5.69 Å². The number of nitrogens with zero attached hydrogens (tertiary/aromatic N) is 4. The van der Waals surface area contributed by atoms with Gasteiger partial charge in [-0.15, -0.1) is 0 Å². The topological polar surface area (TPSA) is 81.8 Å². The fraction of sp³-hybridized carbons (Fsp3) is 0.357. The number of aryl methyl sites for hydroxylation is 1. The number of aromatic nitrogens is 4. The second-order valence-corrected chi connectivity index (χ2v) is 9.32. The average Bonchev–Trinajstić information content (AvgIpc) is 3.57. The van der Waals surface area contributed by atoms with E-state index in [1.165, 1.54) is 12.4 Å². The summed E-state index contributed by atoms with van der Waals surface area (Å²) in [4.78, 5) is 14.5. The van der Waals surface area contributed by atoms with Crippen molar-refractivity contribution >= 4 is 11.6 Å². The Morgan fingerprint density at radius 3 is 2.74 bits per heavy atom. The number of ether oxygens (including phenoxy) is 3. The van der Waals surface area contributed by atoms with Gasteiger partial charge in [0.15, 0.2) is 11.5 Å². The van der Waals surface area contributed by atoms with Crippen LogP contribution in [0.4, 0.5) is 4.39 Å². The van der Waals surface area contributed by atoms with Gasteiger partial charge in [-0.3, -0.25) is 0 Å². The van der Waals surface area contributed by atoms with Crippen molar-refractivity contribution in [2.75, 3.05) is 27.4 Å². The van der Waals surface area contributed by atoms with Crippen LogP contribution in [0, 0.1) is 5.82 Å². The SMILES string of the molecule is CCOOCCc1ncnn1CC[C@H]1O[C@H](c2cccc(OC)c2OC)c2cc(Cl)cc(F)c2-n2cccc21. The van der Waals surface area contributed by atoms with Gasteiger partial charge in [-0.1, -0.05) is 23.7 Å². The highest BCUT2D eigenvalue weighted by Gasteiger charge is 2.34. The summed E-state index contributed by atoms with van der Waals surface area (Å²) in [5.74, 6) is 1.38. The molecule has 0 amide bonds. The third-order valence-electron chi connectivity index (χ3n) is 6.62. The van der Waals surface area contributed by atoms with E-state index in [4.69, 9.17) is 35.6 Å². The molecule has 2 aromatic carbocycles. The maximum absolute atomic E-state index is 15.6. The van der Waals surface area contributed by atoms with Crippen molar-refractivity contribution in [1.82, 2.24) is 19.3 Å². The van der Waals surface area contributed by atoms with Crippen molar-refractivity contribution in [3.63, 3.8) is 0 Å². The normalized spacial score (nSPS) is 16.4. The minimum absolute atomic E-state index is 0.274. The summed E-state index contributed by atoms with van der Waals surface area (Å²) >= 11 is 6.37. The van der Waals surface area contributed by atoms with E-state index in [9.17, 15) is 0 Å². The Morgan fingerprint density at radius 1 is 1.08 bits per heavy atom. The van der Waals surface area contributed by atoms with Gasteiger partial charge in [-0.05, 0) is 43.7 Å². The first kappa shape index (κ1) is 27.1. The predicted octanol–water partition coefficient (Wildman–Crippen LogP) is 5.64. The van der Waals surface area contributed by atoms with Gasteiger partial charge in [-0.2, -0.15) is 5.10 Å². The van der Waals surface area contributed by atoms with Crippen LogP contribution in [0.15, 0.2) is 55.0 Å². The number of methoxy groups -OCH3 is 2. The van der Waals surface area contributed by atoms with Gasteiger partial charge < -0.3 is 18.8 Å². The number of fused-ring (bicyclic) bond motifs is 3. The molecule has 2 aromatic heterocycles. The van der Waals surface area contributed by atoms with E-state index < -0.39 is 18.0 Å². The summed E-state index contributed by atoms with van der Waals surface area (Å²) < 4.78 is 37.3. The van der Waals surface area contributed by atoms with Gasteiger partial charge in [0.1, 0.15) is 30.2 Å². The summed E-state index contributed by atoms with van der Waals surface area (Å²) in [7, 11) is 3.14. The Morgan fingerprint density at radius 2 is 1.95 bits per heavy atom. The van der Waals surface area contributed by atoms with Crippen LogP contribution in [0.2, 0.25) is 5.02 Å². The Labute approximate surface area is 230 Å². The van der Waals surface area contributed by atoms with Gasteiger partial charge in [-0.25, -0.2) is 23.8 Å². The van der Waals surface area contributed by atoms with Crippen molar-refractivity contribution in [3.05, 3.63) is 88.5 Å². The maximum Gasteiger partial charge on any atom is 0.166 e. The second-order valence-electron chi connectivity index (χ2n) is 8.88. The molecule has 0 saturated heterocycles. The minimum Gasteiger partial charge on any atom is -0.493 e. The number of halogens is 2. The molecule has 0 bridgehead atoms. The molecule has 1 aliphatic rings. The van der Waals surface area contributed by atoms with Crippen LogP contribution in [-0.4, -0.2) is 46.8 Å². The molecule has 3 heterocycles. The summed E-state index contributed by atoms with van der Waals surface area (Å²) in [5.41, 5.74) is 2.47. The number of hydrogen-bond donors (Lipinski definition) is 0. The molecule has 4 aromatic rings. The zero-order valence-electron chi connectivity index (χ0n) is 22.0. The molecule has 0 aliphatic carbocycles. The first-order valence-corrected chi connectivity index (χ1v) is 13.1. The van der Waals surface area contributed by atoms with Gasteiger partial charge in [0.05, 0.1) is 38.8 Å². The van der Waals surface area contributed by atoms with Gasteiger partial charge in [0, 0.05) is 35.3 Å². The highest BCUT2D eigenvalue weighted by molar-refractivity contribution is 6.30. The third kappa shape index (κ3) is 5.51. The highest BCUT2D eigenvalue weighted by Crippen LogP contribution is 2.47. The number of rotatable bonds is 11. The molecule has 0 saturated carbocycles. The van der Waals surface area contributed by atoms with Gasteiger partial charge in [0.2, 0.25) is 0 Å². The van der Waals surface area contributed by atoms with E-state index in [1.54, 1.807) is 26.4 Å². The summed E-state index contributed by atoms with van der Waals surface area (Å²) in [6, 6.07) is 12.4. The number of para-hydroxylation sites is 1. The fourth-order valence-corrected chi connectivity index (χ4v) is 5.18. The molecule has 5 rings (SSSR count). The molecular weight excluding hydrogens is 527 g/mol. The van der Waals surface area contributed by atoms with Crippen LogP contribution in [0.5, 0.6) is 11.5 Å². The average molecular weight is 557 g/mol. The molecule has 1 aliphatic heterocycles. The molecular formula is C28H30ClFN4O5. The van der Waals surface area contributed by atoms with E-state index in [0.29, 0.717) is 60.9 Å². The van der Waals surface area contributed by atoms with Crippen molar-refractivity contribution in [1.29, 1.82) is 0 Å². The van der Waals surface area contributed by atoms with Crippen LogP contribution in [0.3, 0.4) is 0 Å². The minimum atomic E-state index is -0.696. The molecule has 39 heavy (non-hydrogen) atoms. The van der Waals surface area contributed by atoms with Crippen molar-refractivity contribution < 1.29 is 28.4 Å². The summed E-state index contributed by atoms with van der Waals surface area (Å²) in [5, 5.41) is 4.67. The molecule has 11 heteroatoms. The smallest absolute Gasteiger partial charge is 0.166 e. The van der Waals surface area contributed by atoms with E-state index in [-0.39, 0.29) is 5.02 Å². The Balaban J connectivity index is 1.53. The molecule has 0 fully saturated rings. The van der Waals surface area contributed by atoms with Crippen LogP contribution >= 0.6 is 11.6 Å². The van der Waals surface area contributed by atoms with Crippen molar-refractivity contribution in [2.24, 2.45) is 0 Å². The molecule has 0 spiro atoms. The van der Waals surface area contributed by atoms with Crippen molar-refractivity contribution in [2.45, 2.75) is 38.5 Å². The van der Waals surface area contributed by atoms with Crippen molar-refractivity contribution in [3.8, 4) is 17.2 Å². The van der Waals surface area contributed by atoms with E-state index in [2.05, 4.69) is 10.1 Å². The largest absolute Gasteiger partial charge is 0.493 e. The first-order chi connectivity index (χ1) is 19.0. The quantitative estimate of drug-likeness (QED) is 0.134. The standard InChI is InChI=1S/C28H30ClFN4O5/c1-4-37-38-14-11-25-31-17-32-34(25)13-10-23-22-8-6-12-33(22)26-20(15-18(29)16-21(26)30)27(39-23)19-7-5-9-24(35-2)28(19)36-3/h5-9,12,15-17,23,27H,4,10-11,13-14H2,1-3H3/t23-,27-/m1/s1. The van der Waals surface area contributed by atoms with Crippen LogP contribution in [0.1, 0.15) is 48.2 Å². The summed E-state index contributed by atoms with van der Waals surface area (Å²) in [6.45, 7) is 3.21. The monoisotopic (exact) mass is 556 g/mol. The predicted molar refractivity (Wildman–Crippen MR) is 142 cm³/mol. The summed E-state index contributed by atoms with van der Waals surface area (Å²) in [6.07, 6.45) is 3.31. The van der Waals surface area contributed by atoms with E-state index in [0.717, 1.165) is 11.5 Å². The highest BCUT2D eigenvalue weighted by atomic mass is 35.5. The Hall–Kier alpha value is -3.44. The zero-order valence-corrected chi connectivity index (χ0v) is 22.7. The zero-order chi connectivity index (χ0) is 27.4. The fourth-order valence-electron chi connectivity index (χ4n) is 4.97. The number of benzene rings is 2. The number of hydrogen-bond acceptors (Lipinski definition) is 7.